The zero-order valence-electron chi connectivity index (χ0n) is 9.61. The molecule has 0 saturated heterocycles. The first kappa shape index (κ1) is 12.0. The van der Waals surface area contributed by atoms with E-state index < -0.39 is 0 Å². The smallest absolute Gasteiger partial charge is 0.0295 e. The van der Waals surface area contributed by atoms with Crippen molar-refractivity contribution in [2.24, 2.45) is 11.5 Å². The molecule has 0 bridgehead atoms. The van der Waals surface area contributed by atoms with Gasteiger partial charge in [0.15, 0.2) is 0 Å². The first-order chi connectivity index (χ1) is 7.81. The van der Waals surface area contributed by atoms with Gasteiger partial charge < -0.3 is 11.5 Å². The van der Waals surface area contributed by atoms with Gasteiger partial charge >= 0.3 is 0 Å². The second-order valence-electron chi connectivity index (χ2n) is 4.36. The summed E-state index contributed by atoms with van der Waals surface area (Å²) >= 11 is 1.97. The lowest BCUT2D eigenvalue weighted by Gasteiger charge is -2.18. The summed E-state index contributed by atoms with van der Waals surface area (Å²) < 4.78 is 0. The molecule has 1 aliphatic heterocycles. The van der Waals surface area contributed by atoms with Crippen LogP contribution in [-0.2, 0) is 6.42 Å². The number of thioether (sulfide) groups is 1. The van der Waals surface area contributed by atoms with E-state index in [9.17, 15) is 0 Å². The molecule has 88 valence electrons. The predicted octanol–water partition coefficient (Wildman–Crippen LogP) is 2.46. The average molecular weight is 236 g/mol. The Kier molecular flexibility index (Phi) is 4.27. The molecule has 1 atom stereocenters. The Morgan fingerprint density at radius 2 is 2.25 bits per heavy atom. The van der Waals surface area contributed by atoms with E-state index in [0.717, 1.165) is 19.4 Å². The average Bonchev–Trinajstić information content (AvgIpc) is 2.35. The highest BCUT2D eigenvalue weighted by atomic mass is 32.2. The van der Waals surface area contributed by atoms with Gasteiger partial charge in [-0.05, 0) is 55.2 Å². The van der Waals surface area contributed by atoms with Crippen LogP contribution in [0.2, 0.25) is 0 Å². The number of rotatable bonds is 4. The SMILES string of the molecule is NCCCC(N)c1ccc2c(c1)CCCS2. The molecule has 1 heterocycles. The molecule has 1 unspecified atom stereocenters. The van der Waals surface area contributed by atoms with E-state index in [-0.39, 0.29) is 6.04 Å². The van der Waals surface area contributed by atoms with Gasteiger partial charge in [-0.2, -0.15) is 0 Å². The van der Waals surface area contributed by atoms with Crippen molar-refractivity contribution in [2.45, 2.75) is 36.6 Å². The number of nitrogens with two attached hydrogens (primary N) is 2. The van der Waals surface area contributed by atoms with Crippen LogP contribution in [0, 0.1) is 0 Å². The second kappa shape index (κ2) is 5.71. The minimum Gasteiger partial charge on any atom is -0.330 e. The first-order valence-corrected chi connectivity index (χ1v) is 7.01. The van der Waals surface area contributed by atoms with Crippen molar-refractivity contribution in [3.63, 3.8) is 0 Å². The Bertz CT molecular complexity index is 352. The molecule has 0 fully saturated rings. The number of aryl methyl sites for hydroxylation is 1. The molecule has 0 spiro atoms. The van der Waals surface area contributed by atoms with Crippen molar-refractivity contribution in [2.75, 3.05) is 12.3 Å². The molecule has 3 heteroatoms. The van der Waals surface area contributed by atoms with Crippen LogP contribution in [0.25, 0.3) is 0 Å². The van der Waals surface area contributed by atoms with Crippen LogP contribution in [0.5, 0.6) is 0 Å². The largest absolute Gasteiger partial charge is 0.330 e. The zero-order valence-corrected chi connectivity index (χ0v) is 10.4. The molecule has 0 radical (unpaired) electrons. The Labute approximate surface area is 102 Å². The van der Waals surface area contributed by atoms with E-state index in [4.69, 9.17) is 11.5 Å². The highest BCUT2D eigenvalue weighted by Gasteiger charge is 2.12. The fourth-order valence-corrected chi connectivity index (χ4v) is 3.13. The van der Waals surface area contributed by atoms with Crippen LogP contribution in [0.15, 0.2) is 23.1 Å². The number of fused-ring (bicyclic) bond motifs is 1. The maximum atomic E-state index is 6.15. The summed E-state index contributed by atoms with van der Waals surface area (Å²) in [5, 5.41) is 0. The van der Waals surface area contributed by atoms with Crippen molar-refractivity contribution < 1.29 is 0 Å². The normalized spacial score (nSPS) is 16.9. The molecule has 1 aromatic rings. The van der Waals surface area contributed by atoms with Crippen molar-refractivity contribution in [3.05, 3.63) is 29.3 Å². The number of hydrogen-bond donors (Lipinski definition) is 2. The van der Waals surface area contributed by atoms with Gasteiger partial charge in [-0.1, -0.05) is 12.1 Å². The third-order valence-electron chi connectivity index (χ3n) is 3.08. The Balaban J connectivity index is 2.10. The van der Waals surface area contributed by atoms with Gasteiger partial charge in [-0.25, -0.2) is 0 Å². The third kappa shape index (κ3) is 2.78. The molecule has 16 heavy (non-hydrogen) atoms. The predicted molar refractivity (Wildman–Crippen MR) is 70.7 cm³/mol. The van der Waals surface area contributed by atoms with Crippen LogP contribution in [-0.4, -0.2) is 12.3 Å². The molecule has 1 aromatic carbocycles. The van der Waals surface area contributed by atoms with Crippen LogP contribution < -0.4 is 11.5 Å². The number of benzene rings is 1. The molecule has 1 aliphatic rings. The summed E-state index contributed by atoms with van der Waals surface area (Å²) in [7, 11) is 0. The fraction of sp³-hybridized carbons (Fsp3) is 0.538. The van der Waals surface area contributed by atoms with E-state index in [1.807, 2.05) is 11.8 Å². The molecule has 0 aromatic heterocycles. The van der Waals surface area contributed by atoms with Gasteiger partial charge in [0.2, 0.25) is 0 Å². The molecule has 2 rings (SSSR count). The summed E-state index contributed by atoms with van der Waals surface area (Å²) in [6.45, 7) is 0.731. The summed E-state index contributed by atoms with van der Waals surface area (Å²) in [5.74, 6) is 1.26. The maximum Gasteiger partial charge on any atom is 0.0295 e. The molecule has 2 nitrogen and oxygen atoms in total. The quantitative estimate of drug-likeness (QED) is 0.844. The third-order valence-corrected chi connectivity index (χ3v) is 4.28. The highest BCUT2D eigenvalue weighted by Crippen LogP contribution is 2.31. The van der Waals surface area contributed by atoms with Crippen molar-refractivity contribution in [1.82, 2.24) is 0 Å². The Hall–Kier alpha value is -0.510. The fourth-order valence-electron chi connectivity index (χ4n) is 2.12. The molecule has 0 saturated carbocycles. The van der Waals surface area contributed by atoms with Crippen LogP contribution in [0.1, 0.15) is 36.4 Å². The van der Waals surface area contributed by atoms with E-state index in [1.165, 1.54) is 34.6 Å². The van der Waals surface area contributed by atoms with E-state index in [1.54, 1.807) is 0 Å². The zero-order chi connectivity index (χ0) is 11.4. The highest BCUT2D eigenvalue weighted by molar-refractivity contribution is 7.99. The van der Waals surface area contributed by atoms with Gasteiger partial charge in [-0.3, -0.25) is 0 Å². The Morgan fingerprint density at radius 1 is 1.38 bits per heavy atom. The molecule has 0 amide bonds. The van der Waals surface area contributed by atoms with Crippen molar-refractivity contribution >= 4 is 11.8 Å². The lowest BCUT2D eigenvalue weighted by Crippen LogP contribution is -2.13. The Morgan fingerprint density at radius 3 is 3.06 bits per heavy atom. The lowest BCUT2D eigenvalue weighted by molar-refractivity contribution is 0.616. The first-order valence-electron chi connectivity index (χ1n) is 6.02. The van der Waals surface area contributed by atoms with Crippen LogP contribution in [0.3, 0.4) is 0 Å². The minimum absolute atomic E-state index is 0.153. The number of hydrogen-bond acceptors (Lipinski definition) is 3. The summed E-state index contributed by atoms with van der Waals surface area (Å²) in [6.07, 6.45) is 4.49. The second-order valence-corrected chi connectivity index (χ2v) is 5.49. The molecule has 4 N–H and O–H groups in total. The molecule has 0 aliphatic carbocycles. The summed E-state index contributed by atoms with van der Waals surface area (Å²) in [4.78, 5) is 1.45. The monoisotopic (exact) mass is 236 g/mol. The summed E-state index contributed by atoms with van der Waals surface area (Å²) in [6, 6.07) is 6.86. The standard InChI is InChI=1S/C13H20N2S/c14-7-1-4-12(15)10-5-6-13-11(9-10)3-2-8-16-13/h5-6,9,12H,1-4,7-8,14-15H2. The van der Waals surface area contributed by atoms with Gasteiger partial charge in [-0.15, -0.1) is 11.8 Å². The summed E-state index contributed by atoms with van der Waals surface area (Å²) in [5.41, 5.74) is 14.4. The topological polar surface area (TPSA) is 52.0 Å². The van der Waals surface area contributed by atoms with E-state index in [2.05, 4.69) is 18.2 Å². The van der Waals surface area contributed by atoms with Crippen LogP contribution >= 0.6 is 11.8 Å². The van der Waals surface area contributed by atoms with Gasteiger partial charge in [0, 0.05) is 10.9 Å². The maximum absolute atomic E-state index is 6.15. The molecular weight excluding hydrogens is 216 g/mol. The van der Waals surface area contributed by atoms with Gasteiger partial charge in [0.05, 0.1) is 0 Å². The van der Waals surface area contributed by atoms with Crippen LogP contribution in [0.4, 0.5) is 0 Å². The van der Waals surface area contributed by atoms with Crippen molar-refractivity contribution in [1.29, 1.82) is 0 Å². The van der Waals surface area contributed by atoms with Crippen molar-refractivity contribution in [3.8, 4) is 0 Å². The minimum atomic E-state index is 0.153. The lowest BCUT2D eigenvalue weighted by atomic mass is 9.99. The van der Waals surface area contributed by atoms with Gasteiger partial charge in [0.1, 0.15) is 0 Å². The van der Waals surface area contributed by atoms with Gasteiger partial charge in [0.25, 0.3) is 0 Å². The molecular formula is C13H20N2S. The van der Waals surface area contributed by atoms with E-state index >= 15 is 0 Å². The van der Waals surface area contributed by atoms with E-state index in [0.29, 0.717) is 0 Å².